The first-order valence-electron chi connectivity index (χ1n) is 5.65. The summed E-state index contributed by atoms with van der Waals surface area (Å²) in [6, 6.07) is 7.16. The molecule has 0 N–H and O–H groups in total. The minimum Gasteiger partial charge on any atom is -0.363 e. The molecule has 0 radical (unpaired) electrons. The molecule has 0 fully saturated rings. The third kappa shape index (κ3) is 2.46. The van der Waals surface area contributed by atoms with E-state index in [1.165, 1.54) is 6.26 Å². The summed E-state index contributed by atoms with van der Waals surface area (Å²) in [5.41, 5.74) is 1.42. The average molecular weight is 264 g/mol. The molecular weight excluding hydrogens is 250 g/mol. The Hall–Kier alpha value is -1.61. The van der Waals surface area contributed by atoms with Crippen LogP contribution in [0.2, 0.25) is 5.02 Å². The van der Waals surface area contributed by atoms with Crippen molar-refractivity contribution in [3.63, 3.8) is 0 Å². The van der Waals surface area contributed by atoms with Crippen molar-refractivity contribution in [3.05, 3.63) is 41.1 Å². The van der Waals surface area contributed by atoms with Gasteiger partial charge in [0.2, 0.25) is 0 Å². The van der Waals surface area contributed by atoms with Crippen LogP contribution in [0.4, 0.5) is 0 Å². The number of ketones is 1. The van der Waals surface area contributed by atoms with Crippen molar-refractivity contribution in [2.24, 2.45) is 5.41 Å². The van der Waals surface area contributed by atoms with E-state index in [4.69, 9.17) is 16.1 Å². The molecule has 0 aliphatic carbocycles. The van der Waals surface area contributed by atoms with Gasteiger partial charge in [-0.25, -0.2) is 0 Å². The molecule has 0 amide bonds. The predicted octanol–water partition coefficient (Wildman–Crippen LogP) is 4.22. The summed E-state index contributed by atoms with van der Waals surface area (Å²) in [6.07, 6.45) is 1.40. The predicted molar refractivity (Wildman–Crippen MR) is 70.7 cm³/mol. The number of aromatic nitrogens is 1. The first-order valence-corrected chi connectivity index (χ1v) is 6.02. The molecule has 0 saturated heterocycles. The fourth-order valence-electron chi connectivity index (χ4n) is 1.62. The average Bonchev–Trinajstić information content (AvgIpc) is 2.76. The van der Waals surface area contributed by atoms with E-state index in [9.17, 15) is 4.79 Å². The zero-order valence-corrected chi connectivity index (χ0v) is 11.3. The summed E-state index contributed by atoms with van der Waals surface area (Å²) in [6.45, 7) is 5.61. The number of hydrogen-bond acceptors (Lipinski definition) is 3. The number of rotatable bonds is 2. The van der Waals surface area contributed by atoms with Gasteiger partial charge in [-0.15, -0.1) is 0 Å². The van der Waals surface area contributed by atoms with E-state index < -0.39 is 5.41 Å². The van der Waals surface area contributed by atoms with Gasteiger partial charge in [0.05, 0.1) is 5.56 Å². The van der Waals surface area contributed by atoms with Crippen LogP contribution in [0, 0.1) is 5.41 Å². The summed E-state index contributed by atoms with van der Waals surface area (Å²) >= 11 is 5.84. The lowest BCUT2D eigenvalue weighted by Crippen LogP contribution is -2.20. The summed E-state index contributed by atoms with van der Waals surface area (Å²) < 4.78 is 4.94. The molecule has 2 aromatic rings. The number of carbonyl (C=O) groups is 1. The summed E-state index contributed by atoms with van der Waals surface area (Å²) in [7, 11) is 0. The second-order valence-corrected chi connectivity index (χ2v) is 5.60. The van der Waals surface area contributed by atoms with Crippen molar-refractivity contribution < 1.29 is 9.32 Å². The number of nitrogens with zero attached hydrogens (tertiary/aromatic N) is 1. The summed E-state index contributed by atoms with van der Waals surface area (Å²) in [4.78, 5) is 12.3. The van der Waals surface area contributed by atoms with E-state index in [1.54, 1.807) is 12.1 Å². The fraction of sp³-hybridized carbons (Fsp3) is 0.286. The number of Topliss-reactive ketones (excluding diaryl/α,β-unsaturated/α-hetero) is 1. The second kappa shape index (κ2) is 4.58. The zero-order valence-electron chi connectivity index (χ0n) is 10.5. The van der Waals surface area contributed by atoms with Gasteiger partial charge < -0.3 is 4.52 Å². The van der Waals surface area contributed by atoms with E-state index in [-0.39, 0.29) is 5.78 Å². The van der Waals surface area contributed by atoms with E-state index in [2.05, 4.69) is 5.16 Å². The Bertz CT molecular complexity index is 564. The van der Waals surface area contributed by atoms with Crippen molar-refractivity contribution >= 4 is 17.4 Å². The van der Waals surface area contributed by atoms with Crippen molar-refractivity contribution in [2.45, 2.75) is 20.8 Å². The van der Waals surface area contributed by atoms with Crippen molar-refractivity contribution in [2.75, 3.05) is 0 Å². The SMILES string of the molecule is CC(C)(C)C(=O)c1conc1-c1ccc(Cl)cc1. The first-order chi connectivity index (χ1) is 8.39. The Balaban J connectivity index is 2.45. The van der Waals surface area contributed by atoms with E-state index >= 15 is 0 Å². The molecule has 0 bridgehead atoms. The van der Waals surface area contributed by atoms with Gasteiger partial charge in [0.1, 0.15) is 12.0 Å². The highest BCUT2D eigenvalue weighted by Crippen LogP contribution is 2.29. The minimum atomic E-state index is -0.466. The lowest BCUT2D eigenvalue weighted by molar-refractivity contribution is 0.0858. The third-order valence-electron chi connectivity index (χ3n) is 2.61. The van der Waals surface area contributed by atoms with Gasteiger partial charge in [0, 0.05) is 16.0 Å². The van der Waals surface area contributed by atoms with E-state index in [0.717, 1.165) is 5.56 Å². The van der Waals surface area contributed by atoms with Crippen molar-refractivity contribution in [3.8, 4) is 11.3 Å². The molecule has 4 heteroatoms. The van der Waals surface area contributed by atoms with Gasteiger partial charge in [-0.05, 0) is 12.1 Å². The van der Waals surface area contributed by atoms with Gasteiger partial charge in [-0.3, -0.25) is 4.79 Å². The third-order valence-corrected chi connectivity index (χ3v) is 2.87. The van der Waals surface area contributed by atoms with E-state index in [0.29, 0.717) is 16.3 Å². The van der Waals surface area contributed by atoms with Crippen LogP contribution in [0.15, 0.2) is 35.1 Å². The topological polar surface area (TPSA) is 43.1 Å². The molecule has 1 aromatic carbocycles. The highest BCUT2D eigenvalue weighted by atomic mass is 35.5. The molecule has 18 heavy (non-hydrogen) atoms. The Morgan fingerprint density at radius 1 is 1.22 bits per heavy atom. The maximum absolute atomic E-state index is 12.3. The van der Waals surface area contributed by atoms with Crippen LogP contribution in [0.3, 0.4) is 0 Å². The van der Waals surface area contributed by atoms with Gasteiger partial charge in [-0.2, -0.15) is 0 Å². The molecule has 0 spiro atoms. The monoisotopic (exact) mass is 263 g/mol. The van der Waals surface area contributed by atoms with Gasteiger partial charge in [0.15, 0.2) is 5.78 Å². The number of benzene rings is 1. The van der Waals surface area contributed by atoms with Gasteiger partial charge in [-0.1, -0.05) is 49.7 Å². The van der Waals surface area contributed by atoms with Crippen LogP contribution in [0.1, 0.15) is 31.1 Å². The van der Waals surface area contributed by atoms with Gasteiger partial charge in [0.25, 0.3) is 0 Å². The maximum Gasteiger partial charge on any atom is 0.173 e. The zero-order chi connectivity index (χ0) is 13.3. The Labute approximate surface area is 111 Å². The van der Waals surface area contributed by atoms with Crippen molar-refractivity contribution in [1.29, 1.82) is 0 Å². The lowest BCUT2D eigenvalue weighted by Gasteiger charge is -2.15. The molecule has 0 aliphatic rings. The molecule has 0 aliphatic heterocycles. The molecule has 0 saturated carbocycles. The second-order valence-electron chi connectivity index (χ2n) is 5.16. The fourth-order valence-corrected chi connectivity index (χ4v) is 1.74. The smallest absolute Gasteiger partial charge is 0.173 e. The highest BCUT2D eigenvalue weighted by Gasteiger charge is 2.27. The van der Waals surface area contributed by atoms with Crippen LogP contribution in [0.25, 0.3) is 11.3 Å². The Kier molecular flexibility index (Phi) is 3.26. The molecule has 1 heterocycles. The van der Waals surface area contributed by atoms with Crippen LogP contribution in [0.5, 0.6) is 0 Å². The largest absolute Gasteiger partial charge is 0.363 e. The quantitative estimate of drug-likeness (QED) is 0.762. The molecule has 2 rings (SSSR count). The Morgan fingerprint density at radius 3 is 2.39 bits per heavy atom. The number of hydrogen-bond donors (Lipinski definition) is 0. The van der Waals surface area contributed by atoms with E-state index in [1.807, 2.05) is 32.9 Å². The van der Waals surface area contributed by atoms with Crippen molar-refractivity contribution in [1.82, 2.24) is 5.16 Å². The minimum absolute atomic E-state index is 0.00806. The standard InChI is InChI=1S/C14H14ClNO2/c1-14(2,3)13(17)11-8-18-16-12(11)9-4-6-10(15)7-5-9/h4-8H,1-3H3. The van der Waals surface area contributed by atoms with Crippen LogP contribution < -0.4 is 0 Å². The number of halogens is 1. The van der Waals surface area contributed by atoms with Crippen LogP contribution >= 0.6 is 11.6 Å². The highest BCUT2D eigenvalue weighted by molar-refractivity contribution is 6.30. The first kappa shape index (κ1) is 12.8. The molecular formula is C14H14ClNO2. The molecule has 3 nitrogen and oxygen atoms in total. The molecule has 1 aromatic heterocycles. The molecule has 0 unspecified atom stereocenters. The van der Waals surface area contributed by atoms with Crippen LogP contribution in [-0.2, 0) is 0 Å². The molecule has 94 valence electrons. The Morgan fingerprint density at radius 2 is 1.83 bits per heavy atom. The lowest BCUT2D eigenvalue weighted by atomic mass is 9.86. The van der Waals surface area contributed by atoms with Crippen LogP contribution in [-0.4, -0.2) is 10.9 Å². The summed E-state index contributed by atoms with van der Waals surface area (Å²) in [5.74, 6) is 0.00806. The molecule has 0 atom stereocenters. The summed E-state index contributed by atoms with van der Waals surface area (Å²) in [5, 5.41) is 4.56. The maximum atomic E-state index is 12.3. The van der Waals surface area contributed by atoms with Gasteiger partial charge >= 0.3 is 0 Å². The number of carbonyl (C=O) groups excluding carboxylic acids is 1. The normalized spacial score (nSPS) is 11.6.